The molecule has 7 heteroatoms. The van der Waals surface area contributed by atoms with Gasteiger partial charge in [0, 0.05) is 19.6 Å². The first kappa shape index (κ1) is 16.4. The third-order valence-electron chi connectivity index (χ3n) is 2.31. The minimum absolute atomic E-state index is 0.0172. The van der Waals surface area contributed by atoms with Gasteiger partial charge in [0.2, 0.25) is 5.91 Å². The van der Waals surface area contributed by atoms with Gasteiger partial charge in [0.1, 0.15) is 0 Å². The maximum atomic E-state index is 11.9. The average molecular weight is 456 g/mol. The van der Waals surface area contributed by atoms with Crippen molar-refractivity contribution in [2.24, 2.45) is 0 Å². The number of carbonyl (C=O) groups excluding carboxylic acids is 1. The van der Waals surface area contributed by atoms with E-state index in [1.54, 1.807) is 23.1 Å². The molecule has 2 rings (SSSR count). The fraction of sp³-hybridized carbons (Fsp3) is 0.154. The Morgan fingerprint density at radius 2 is 2.10 bits per heavy atom. The number of hydrogen-bond donors (Lipinski definition) is 1. The molecule has 1 aromatic carbocycles. The highest BCUT2D eigenvalue weighted by atomic mass is 79.9. The van der Waals surface area contributed by atoms with Crippen LogP contribution in [0.4, 0.5) is 5.69 Å². The quantitative estimate of drug-likeness (QED) is 0.618. The van der Waals surface area contributed by atoms with Gasteiger partial charge in [-0.25, -0.2) is 0 Å². The van der Waals surface area contributed by atoms with Crippen LogP contribution in [0.15, 0.2) is 39.3 Å². The van der Waals surface area contributed by atoms with E-state index in [4.69, 9.17) is 11.6 Å². The van der Waals surface area contributed by atoms with Crippen LogP contribution < -0.4 is 5.32 Å². The van der Waals surface area contributed by atoms with Gasteiger partial charge >= 0.3 is 0 Å². The molecule has 0 radical (unpaired) electrons. The Morgan fingerprint density at radius 3 is 2.80 bits per heavy atom. The zero-order valence-corrected chi connectivity index (χ0v) is 15.7. The first-order valence-electron chi connectivity index (χ1n) is 5.61. The van der Waals surface area contributed by atoms with E-state index in [1.807, 2.05) is 30.3 Å². The van der Waals surface area contributed by atoms with E-state index in [-0.39, 0.29) is 5.91 Å². The number of benzene rings is 1. The Hall–Kier alpha value is -0.0100. The SMILES string of the molecule is O=C(CSCc1ccc(Cl)s1)Nc1cc(Br)ccc1Br. The van der Waals surface area contributed by atoms with E-state index in [0.29, 0.717) is 5.75 Å². The summed E-state index contributed by atoms with van der Waals surface area (Å²) in [5.74, 6) is 1.19. The van der Waals surface area contributed by atoms with Gasteiger partial charge in [-0.2, -0.15) is 0 Å². The van der Waals surface area contributed by atoms with Crippen LogP contribution >= 0.6 is 66.6 Å². The maximum absolute atomic E-state index is 11.9. The van der Waals surface area contributed by atoms with Crippen molar-refractivity contribution in [2.75, 3.05) is 11.1 Å². The second-order valence-electron chi connectivity index (χ2n) is 3.87. The van der Waals surface area contributed by atoms with Crippen LogP contribution in [0.1, 0.15) is 4.88 Å². The van der Waals surface area contributed by atoms with Gasteiger partial charge < -0.3 is 5.32 Å². The normalized spacial score (nSPS) is 10.6. The van der Waals surface area contributed by atoms with E-state index in [1.165, 1.54) is 4.88 Å². The van der Waals surface area contributed by atoms with Crippen LogP contribution in [0.25, 0.3) is 0 Å². The van der Waals surface area contributed by atoms with E-state index in [2.05, 4.69) is 37.2 Å². The summed E-state index contributed by atoms with van der Waals surface area (Å²) in [6.07, 6.45) is 0. The van der Waals surface area contributed by atoms with Crippen molar-refractivity contribution >= 4 is 78.2 Å². The summed E-state index contributed by atoms with van der Waals surface area (Å²) >= 11 is 15.8. The van der Waals surface area contributed by atoms with E-state index < -0.39 is 0 Å². The second kappa shape index (κ2) is 7.84. The fourth-order valence-electron chi connectivity index (χ4n) is 1.45. The van der Waals surface area contributed by atoms with E-state index >= 15 is 0 Å². The smallest absolute Gasteiger partial charge is 0.234 e. The lowest BCUT2D eigenvalue weighted by atomic mass is 10.3. The Labute approximate surface area is 147 Å². The molecule has 1 amide bonds. The Morgan fingerprint density at radius 1 is 1.30 bits per heavy atom. The molecule has 0 unspecified atom stereocenters. The average Bonchev–Trinajstić information content (AvgIpc) is 2.80. The molecule has 0 saturated heterocycles. The molecule has 0 saturated carbocycles. The van der Waals surface area contributed by atoms with Crippen molar-refractivity contribution in [3.8, 4) is 0 Å². The minimum atomic E-state index is -0.0172. The molecule has 0 aliphatic rings. The highest BCUT2D eigenvalue weighted by Gasteiger charge is 2.07. The number of rotatable bonds is 5. The summed E-state index contributed by atoms with van der Waals surface area (Å²) in [7, 11) is 0. The first-order valence-corrected chi connectivity index (χ1v) is 9.55. The molecule has 2 nitrogen and oxygen atoms in total. The number of thiophene rings is 1. The molecule has 1 aromatic heterocycles. The summed E-state index contributed by atoms with van der Waals surface area (Å²) in [6.45, 7) is 0. The molecule has 0 atom stereocenters. The summed E-state index contributed by atoms with van der Waals surface area (Å²) in [4.78, 5) is 13.1. The topological polar surface area (TPSA) is 29.1 Å². The number of hydrogen-bond acceptors (Lipinski definition) is 3. The van der Waals surface area contributed by atoms with Gasteiger partial charge in [-0.05, 0) is 46.3 Å². The highest BCUT2D eigenvalue weighted by Crippen LogP contribution is 2.27. The van der Waals surface area contributed by atoms with Gasteiger partial charge in [0.15, 0.2) is 0 Å². The lowest BCUT2D eigenvalue weighted by Gasteiger charge is -2.07. The van der Waals surface area contributed by atoms with Gasteiger partial charge in [-0.1, -0.05) is 27.5 Å². The van der Waals surface area contributed by atoms with Crippen molar-refractivity contribution in [3.05, 3.63) is 48.5 Å². The number of anilines is 1. The van der Waals surface area contributed by atoms with Crippen molar-refractivity contribution in [1.82, 2.24) is 0 Å². The summed E-state index contributed by atoms with van der Waals surface area (Å²) < 4.78 is 2.57. The first-order chi connectivity index (χ1) is 9.54. The highest BCUT2D eigenvalue weighted by molar-refractivity contribution is 9.11. The van der Waals surface area contributed by atoms with Gasteiger partial charge in [0.25, 0.3) is 0 Å². The predicted molar refractivity (Wildman–Crippen MR) is 96.0 cm³/mol. The summed E-state index contributed by atoms with van der Waals surface area (Å²) in [5, 5.41) is 2.88. The van der Waals surface area contributed by atoms with E-state index in [0.717, 1.165) is 24.7 Å². The predicted octanol–water partition coefficient (Wildman–Crippen LogP) is 5.80. The molecule has 106 valence electrons. The molecule has 0 bridgehead atoms. The van der Waals surface area contributed by atoms with Crippen LogP contribution in [-0.4, -0.2) is 11.7 Å². The van der Waals surface area contributed by atoms with Crippen LogP contribution in [0, 0.1) is 0 Å². The molecule has 20 heavy (non-hydrogen) atoms. The summed E-state index contributed by atoms with van der Waals surface area (Å²) in [5.41, 5.74) is 0.768. The number of nitrogens with one attached hydrogen (secondary N) is 1. The zero-order chi connectivity index (χ0) is 14.5. The molecule has 0 spiro atoms. The number of halogens is 3. The summed E-state index contributed by atoms with van der Waals surface area (Å²) in [6, 6.07) is 9.53. The van der Waals surface area contributed by atoms with Gasteiger partial charge in [-0.3, -0.25) is 4.79 Å². The Bertz CT molecular complexity index is 618. The van der Waals surface area contributed by atoms with E-state index in [9.17, 15) is 4.79 Å². The van der Waals surface area contributed by atoms with Crippen molar-refractivity contribution in [1.29, 1.82) is 0 Å². The van der Waals surface area contributed by atoms with Crippen molar-refractivity contribution in [2.45, 2.75) is 5.75 Å². The maximum Gasteiger partial charge on any atom is 0.234 e. The van der Waals surface area contributed by atoms with Crippen molar-refractivity contribution in [3.63, 3.8) is 0 Å². The number of amides is 1. The standard InChI is InChI=1S/C13H10Br2ClNOS2/c14-8-1-3-10(15)11(5-8)17-13(18)7-19-6-9-2-4-12(16)20-9/h1-5H,6-7H2,(H,17,18). The molecular weight excluding hydrogens is 446 g/mol. The number of carbonyl (C=O) groups is 1. The third-order valence-corrected chi connectivity index (χ3v) is 5.89. The van der Waals surface area contributed by atoms with Crippen LogP contribution in [0.3, 0.4) is 0 Å². The van der Waals surface area contributed by atoms with Crippen LogP contribution in [0.5, 0.6) is 0 Å². The monoisotopic (exact) mass is 453 g/mol. The fourth-order valence-corrected chi connectivity index (χ4v) is 4.19. The van der Waals surface area contributed by atoms with Gasteiger partial charge in [-0.15, -0.1) is 23.1 Å². The van der Waals surface area contributed by atoms with Crippen molar-refractivity contribution < 1.29 is 4.79 Å². The van der Waals surface area contributed by atoms with Crippen LogP contribution in [-0.2, 0) is 10.5 Å². The molecule has 1 heterocycles. The van der Waals surface area contributed by atoms with Gasteiger partial charge in [0.05, 0.1) is 15.8 Å². The molecule has 0 aliphatic carbocycles. The lowest BCUT2D eigenvalue weighted by molar-refractivity contribution is -0.113. The molecule has 2 aromatic rings. The van der Waals surface area contributed by atoms with Crippen LogP contribution in [0.2, 0.25) is 4.34 Å². The third kappa shape index (κ3) is 5.07. The largest absolute Gasteiger partial charge is 0.324 e. The minimum Gasteiger partial charge on any atom is -0.324 e. The molecule has 0 aliphatic heterocycles. The number of thioether (sulfide) groups is 1. The lowest BCUT2D eigenvalue weighted by Crippen LogP contribution is -2.14. The Balaban J connectivity index is 1.82. The molecule has 0 fully saturated rings. The Kier molecular flexibility index (Phi) is 6.42. The second-order valence-corrected chi connectivity index (χ2v) is 8.43. The molecule has 1 N–H and O–H groups in total. The molecular formula is C13H10Br2ClNOS2. The zero-order valence-electron chi connectivity index (χ0n) is 10.2.